The average molecular weight is 484 g/mol. The highest BCUT2D eigenvalue weighted by Gasteiger charge is 2.35. The van der Waals surface area contributed by atoms with Crippen LogP contribution in [0, 0.1) is 5.92 Å². The molecular formula is C24H26BrN3O3. The Labute approximate surface area is 190 Å². The van der Waals surface area contributed by atoms with Gasteiger partial charge in [0.15, 0.2) is 0 Å². The van der Waals surface area contributed by atoms with Crippen molar-refractivity contribution in [2.24, 2.45) is 5.92 Å². The zero-order valence-corrected chi connectivity index (χ0v) is 19.0. The van der Waals surface area contributed by atoms with E-state index in [4.69, 9.17) is 0 Å². The molecule has 1 heterocycles. The first-order valence-corrected chi connectivity index (χ1v) is 11.5. The second-order valence-corrected chi connectivity index (χ2v) is 9.19. The molecule has 1 aliphatic heterocycles. The molecule has 7 heteroatoms. The van der Waals surface area contributed by atoms with Crippen LogP contribution in [0.4, 0.5) is 5.69 Å². The number of likely N-dealkylation sites (tertiary alicyclic amines) is 1. The monoisotopic (exact) mass is 483 g/mol. The van der Waals surface area contributed by atoms with E-state index in [2.05, 4.69) is 26.6 Å². The van der Waals surface area contributed by atoms with E-state index in [1.807, 2.05) is 43.3 Å². The third-order valence-electron chi connectivity index (χ3n) is 5.89. The van der Waals surface area contributed by atoms with Gasteiger partial charge >= 0.3 is 0 Å². The molecule has 0 aromatic heterocycles. The Balaban J connectivity index is 1.36. The molecule has 31 heavy (non-hydrogen) atoms. The van der Waals surface area contributed by atoms with Crippen LogP contribution < -0.4 is 10.6 Å². The zero-order chi connectivity index (χ0) is 22.0. The highest BCUT2D eigenvalue weighted by molar-refractivity contribution is 9.10. The van der Waals surface area contributed by atoms with E-state index in [1.165, 1.54) is 0 Å². The number of rotatable bonds is 6. The predicted molar refractivity (Wildman–Crippen MR) is 123 cm³/mol. The summed E-state index contributed by atoms with van der Waals surface area (Å²) in [5.74, 6) is -0.0200. The SMILES string of the molecule is CC(NC(=O)C1CCCN1C(=O)c1ccc(Br)cc1)c1ccc(NC(=O)C2CC2)cc1. The van der Waals surface area contributed by atoms with Gasteiger partial charge in [0.05, 0.1) is 6.04 Å². The average Bonchev–Trinajstić information content (AvgIpc) is 3.51. The summed E-state index contributed by atoms with van der Waals surface area (Å²) in [7, 11) is 0. The summed E-state index contributed by atoms with van der Waals surface area (Å²) in [6.07, 6.45) is 3.40. The third-order valence-corrected chi connectivity index (χ3v) is 6.42. The highest BCUT2D eigenvalue weighted by Crippen LogP contribution is 2.30. The summed E-state index contributed by atoms with van der Waals surface area (Å²) in [4.78, 5) is 39.4. The maximum atomic E-state index is 13.0. The van der Waals surface area contributed by atoms with Crippen LogP contribution in [0.25, 0.3) is 0 Å². The van der Waals surface area contributed by atoms with E-state index in [9.17, 15) is 14.4 Å². The van der Waals surface area contributed by atoms with Crippen LogP contribution in [0.1, 0.15) is 54.6 Å². The predicted octanol–water partition coefficient (Wildman–Crippen LogP) is 4.28. The summed E-state index contributed by atoms with van der Waals surface area (Å²) in [5.41, 5.74) is 2.29. The van der Waals surface area contributed by atoms with Gasteiger partial charge in [0.1, 0.15) is 6.04 Å². The molecule has 1 saturated carbocycles. The quantitative estimate of drug-likeness (QED) is 0.643. The molecule has 2 aromatic carbocycles. The Morgan fingerprint density at radius 1 is 0.968 bits per heavy atom. The number of nitrogens with zero attached hydrogens (tertiary/aromatic N) is 1. The minimum Gasteiger partial charge on any atom is -0.348 e. The maximum absolute atomic E-state index is 13.0. The Kier molecular flexibility index (Phi) is 6.41. The minimum absolute atomic E-state index is 0.0749. The van der Waals surface area contributed by atoms with Gasteiger partial charge in [-0.2, -0.15) is 0 Å². The lowest BCUT2D eigenvalue weighted by molar-refractivity contribution is -0.125. The van der Waals surface area contributed by atoms with E-state index < -0.39 is 6.04 Å². The lowest BCUT2D eigenvalue weighted by Gasteiger charge is -2.26. The molecule has 162 valence electrons. The van der Waals surface area contributed by atoms with Crippen molar-refractivity contribution in [2.75, 3.05) is 11.9 Å². The second-order valence-electron chi connectivity index (χ2n) is 8.28. The number of halogens is 1. The first-order valence-electron chi connectivity index (χ1n) is 10.7. The molecule has 3 amide bonds. The Morgan fingerprint density at radius 3 is 2.29 bits per heavy atom. The molecule has 0 bridgehead atoms. The van der Waals surface area contributed by atoms with Gasteiger partial charge in [-0.25, -0.2) is 0 Å². The van der Waals surface area contributed by atoms with Crippen LogP contribution in [-0.4, -0.2) is 35.2 Å². The molecule has 6 nitrogen and oxygen atoms in total. The van der Waals surface area contributed by atoms with Crippen molar-refractivity contribution in [3.63, 3.8) is 0 Å². The van der Waals surface area contributed by atoms with Crippen LogP contribution in [0.5, 0.6) is 0 Å². The molecule has 2 fully saturated rings. The van der Waals surface area contributed by atoms with Gasteiger partial charge < -0.3 is 15.5 Å². The second kappa shape index (κ2) is 9.22. The van der Waals surface area contributed by atoms with E-state index >= 15 is 0 Å². The van der Waals surface area contributed by atoms with Crippen molar-refractivity contribution in [1.29, 1.82) is 0 Å². The number of hydrogen-bond donors (Lipinski definition) is 2. The smallest absolute Gasteiger partial charge is 0.254 e. The van der Waals surface area contributed by atoms with E-state index in [0.29, 0.717) is 18.5 Å². The standard InChI is InChI=1S/C24H26BrN3O3/c1-15(16-8-12-20(13-9-16)27-22(29)17-4-5-17)26-23(30)21-3-2-14-28(21)24(31)18-6-10-19(25)11-7-18/h6-13,15,17,21H,2-5,14H2,1H3,(H,26,30)(H,27,29). The van der Waals surface area contributed by atoms with Gasteiger partial charge in [0, 0.05) is 28.2 Å². The normalized spacial score (nSPS) is 19.0. The molecular weight excluding hydrogens is 458 g/mol. The van der Waals surface area contributed by atoms with Gasteiger partial charge in [-0.15, -0.1) is 0 Å². The Hall–Kier alpha value is -2.67. The maximum Gasteiger partial charge on any atom is 0.254 e. The van der Waals surface area contributed by atoms with E-state index in [1.54, 1.807) is 17.0 Å². The fourth-order valence-electron chi connectivity index (χ4n) is 3.88. The summed E-state index contributed by atoms with van der Waals surface area (Å²) in [6.45, 7) is 2.50. The molecule has 2 N–H and O–H groups in total. The first-order chi connectivity index (χ1) is 14.9. The molecule has 0 radical (unpaired) electrons. The fraction of sp³-hybridized carbons (Fsp3) is 0.375. The van der Waals surface area contributed by atoms with Gasteiger partial charge in [0.2, 0.25) is 11.8 Å². The van der Waals surface area contributed by atoms with Crippen molar-refractivity contribution in [3.8, 4) is 0 Å². The molecule has 1 aliphatic carbocycles. The molecule has 1 saturated heterocycles. The van der Waals surface area contributed by atoms with Gasteiger partial charge in [-0.1, -0.05) is 28.1 Å². The zero-order valence-electron chi connectivity index (χ0n) is 17.4. The van der Waals surface area contributed by atoms with Crippen molar-refractivity contribution in [1.82, 2.24) is 10.2 Å². The molecule has 2 atom stereocenters. The van der Waals surface area contributed by atoms with Crippen LogP contribution >= 0.6 is 15.9 Å². The highest BCUT2D eigenvalue weighted by atomic mass is 79.9. The molecule has 4 rings (SSSR count). The number of nitrogens with one attached hydrogen (secondary N) is 2. The third kappa shape index (κ3) is 5.15. The lowest BCUT2D eigenvalue weighted by atomic mass is 10.1. The summed E-state index contributed by atoms with van der Waals surface area (Å²) in [6, 6.07) is 14.1. The molecule has 2 aliphatic rings. The van der Waals surface area contributed by atoms with Crippen LogP contribution in [0.3, 0.4) is 0 Å². The Bertz CT molecular complexity index is 971. The van der Waals surface area contributed by atoms with Crippen LogP contribution in [-0.2, 0) is 9.59 Å². The van der Waals surface area contributed by atoms with Crippen molar-refractivity contribution in [2.45, 2.75) is 44.7 Å². The largest absolute Gasteiger partial charge is 0.348 e. The van der Waals surface area contributed by atoms with Gasteiger partial charge in [0.25, 0.3) is 5.91 Å². The number of hydrogen-bond acceptors (Lipinski definition) is 3. The van der Waals surface area contributed by atoms with Crippen molar-refractivity contribution >= 4 is 39.3 Å². The Morgan fingerprint density at radius 2 is 1.65 bits per heavy atom. The van der Waals surface area contributed by atoms with Crippen molar-refractivity contribution in [3.05, 3.63) is 64.1 Å². The van der Waals surface area contributed by atoms with E-state index in [0.717, 1.165) is 35.0 Å². The minimum atomic E-state index is -0.462. The summed E-state index contributed by atoms with van der Waals surface area (Å²) >= 11 is 3.38. The van der Waals surface area contributed by atoms with Crippen molar-refractivity contribution < 1.29 is 14.4 Å². The van der Waals surface area contributed by atoms with Gasteiger partial charge in [-0.05, 0) is 74.6 Å². The topological polar surface area (TPSA) is 78.5 Å². The number of amides is 3. The molecule has 2 unspecified atom stereocenters. The molecule has 2 aromatic rings. The number of anilines is 1. The summed E-state index contributed by atoms with van der Waals surface area (Å²) < 4.78 is 0.909. The lowest BCUT2D eigenvalue weighted by Crippen LogP contribution is -2.46. The molecule has 0 spiro atoms. The first kappa shape index (κ1) is 21.6. The number of carbonyl (C=O) groups is 3. The number of carbonyl (C=O) groups excluding carboxylic acids is 3. The fourth-order valence-corrected chi connectivity index (χ4v) is 4.14. The van der Waals surface area contributed by atoms with Crippen LogP contribution in [0.15, 0.2) is 53.0 Å². The van der Waals surface area contributed by atoms with Crippen LogP contribution in [0.2, 0.25) is 0 Å². The van der Waals surface area contributed by atoms with E-state index in [-0.39, 0.29) is 29.7 Å². The summed E-state index contributed by atoms with van der Waals surface area (Å²) in [5, 5.41) is 5.96. The number of benzene rings is 2. The van der Waals surface area contributed by atoms with Gasteiger partial charge in [-0.3, -0.25) is 14.4 Å².